The summed E-state index contributed by atoms with van der Waals surface area (Å²) in [5, 5.41) is 0. The first-order valence-electron chi connectivity index (χ1n) is 11.6. The van der Waals surface area contributed by atoms with Gasteiger partial charge in [0.2, 0.25) is 5.79 Å². The van der Waals surface area contributed by atoms with Crippen LogP contribution >= 0.6 is 0 Å². The zero-order chi connectivity index (χ0) is 20.1. The highest BCUT2D eigenvalue weighted by atomic mass is 16.8. The lowest BCUT2D eigenvalue weighted by molar-refractivity contribution is -0.250. The van der Waals surface area contributed by atoms with Gasteiger partial charge in [-0.25, -0.2) is 9.59 Å². The molecule has 4 aliphatic carbocycles. The van der Waals surface area contributed by atoms with Gasteiger partial charge < -0.3 is 14.2 Å². The number of rotatable bonds is 5. The molecular formula is C24H30O5. The third kappa shape index (κ3) is 1.65. The first kappa shape index (κ1) is 18.2. The molecule has 3 saturated heterocycles. The Kier molecular flexibility index (Phi) is 3.47. The number of hydrogen-bond acceptors (Lipinski definition) is 5. The predicted octanol–water partition coefficient (Wildman–Crippen LogP) is 4.36. The lowest BCUT2D eigenvalue weighted by Crippen LogP contribution is -2.69. The lowest BCUT2D eigenvalue weighted by atomic mass is 9.43. The molecule has 3 spiro atoms. The number of unbranched alkanes of at least 4 members (excludes halogenated alkanes) is 1. The fraction of sp³-hybridized carbons (Fsp3) is 0.750. The highest BCUT2D eigenvalue weighted by Gasteiger charge is 2.93. The molecule has 0 amide bonds. The molecule has 6 atom stereocenters. The van der Waals surface area contributed by atoms with Crippen LogP contribution in [0.1, 0.15) is 78.1 Å². The smallest absolute Gasteiger partial charge is 0.337 e. The van der Waals surface area contributed by atoms with Gasteiger partial charge in [0.1, 0.15) is 11.0 Å². The van der Waals surface area contributed by atoms with Gasteiger partial charge in [0, 0.05) is 12.3 Å². The zero-order valence-electron chi connectivity index (χ0n) is 17.4. The highest BCUT2D eigenvalue weighted by molar-refractivity contribution is 6.00. The average Bonchev–Trinajstić information content (AvgIpc) is 3.19. The lowest BCUT2D eigenvalue weighted by Gasteiger charge is -2.59. The molecule has 29 heavy (non-hydrogen) atoms. The first-order valence-corrected chi connectivity index (χ1v) is 11.6. The third-order valence-corrected chi connectivity index (χ3v) is 8.88. The molecular weight excluding hydrogens is 368 g/mol. The summed E-state index contributed by atoms with van der Waals surface area (Å²) < 4.78 is 19.8. The third-order valence-electron chi connectivity index (χ3n) is 8.88. The second-order valence-corrected chi connectivity index (χ2v) is 9.89. The summed E-state index contributed by atoms with van der Waals surface area (Å²) in [7, 11) is 0. The second kappa shape index (κ2) is 5.54. The maximum atomic E-state index is 13.2. The summed E-state index contributed by atoms with van der Waals surface area (Å²) in [6.45, 7) is 4.34. The van der Waals surface area contributed by atoms with Crippen molar-refractivity contribution in [3.63, 3.8) is 0 Å². The summed E-state index contributed by atoms with van der Waals surface area (Å²) in [6, 6.07) is 0. The average molecular weight is 398 g/mol. The van der Waals surface area contributed by atoms with Crippen LogP contribution in [0.5, 0.6) is 0 Å². The fourth-order valence-electron chi connectivity index (χ4n) is 8.14. The van der Waals surface area contributed by atoms with Crippen molar-refractivity contribution >= 4 is 11.9 Å². The second-order valence-electron chi connectivity index (χ2n) is 9.89. The molecule has 5 nitrogen and oxygen atoms in total. The molecule has 156 valence electrons. The Balaban J connectivity index is 1.67. The molecule has 3 heterocycles. The minimum Gasteiger partial charge on any atom is -0.451 e. The monoisotopic (exact) mass is 398 g/mol. The number of allylic oxidation sites excluding steroid dienone is 2. The van der Waals surface area contributed by atoms with Crippen LogP contribution in [-0.4, -0.2) is 28.9 Å². The molecule has 0 aromatic heterocycles. The van der Waals surface area contributed by atoms with Crippen molar-refractivity contribution in [3.8, 4) is 0 Å². The first-order chi connectivity index (χ1) is 14.0. The van der Waals surface area contributed by atoms with Crippen LogP contribution in [0.2, 0.25) is 0 Å². The van der Waals surface area contributed by atoms with Gasteiger partial charge in [-0.2, -0.15) is 0 Å². The van der Waals surface area contributed by atoms with Gasteiger partial charge >= 0.3 is 11.9 Å². The van der Waals surface area contributed by atoms with E-state index in [4.69, 9.17) is 14.2 Å². The summed E-state index contributed by atoms with van der Waals surface area (Å²) in [4.78, 5) is 26.3. The quantitative estimate of drug-likeness (QED) is 0.644. The van der Waals surface area contributed by atoms with Gasteiger partial charge in [-0.05, 0) is 50.9 Å². The number of ether oxygens (including phenoxy) is 3. The number of carbonyl (C=O) groups excluding carboxylic acids is 2. The number of fused-ring (bicyclic) bond motifs is 1. The van der Waals surface area contributed by atoms with Crippen molar-refractivity contribution in [2.24, 2.45) is 17.3 Å². The fourth-order valence-corrected chi connectivity index (χ4v) is 8.14. The number of esters is 2. The van der Waals surface area contributed by atoms with E-state index in [1.165, 1.54) is 0 Å². The largest absolute Gasteiger partial charge is 0.451 e. The number of carbonyl (C=O) groups is 2. The maximum Gasteiger partial charge on any atom is 0.337 e. The van der Waals surface area contributed by atoms with Crippen LogP contribution in [0.25, 0.3) is 0 Å². The minimum absolute atomic E-state index is 0.177. The molecule has 0 aromatic carbocycles. The molecule has 5 heteroatoms. The highest BCUT2D eigenvalue weighted by Crippen LogP contribution is 2.81. The van der Waals surface area contributed by atoms with Gasteiger partial charge in [0.05, 0.1) is 11.1 Å². The van der Waals surface area contributed by atoms with E-state index in [0.29, 0.717) is 12.0 Å². The van der Waals surface area contributed by atoms with Crippen molar-refractivity contribution in [3.05, 3.63) is 23.3 Å². The predicted molar refractivity (Wildman–Crippen MR) is 105 cm³/mol. The minimum atomic E-state index is -1.000. The van der Waals surface area contributed by atoms with Crippen molar-refractivity contribution in [2.75, 3.05) is 0 Å². The van der Waals surface area contributed by atoms with E-state index in [2.05, 4.69) is 19.9 Å². The van der Waals surface area contributed by atoms with Crippen LogP contribution in [0.3, 0.4) is 0 Å². The summed E-state index contributed by atoms with van der Waals surface area (Å²) in [5.74, 6) is -1.06. The Labute approximate surface area is 171 Å². The van der Waals surface area contributed by atoms with Crippen LogP contribution in [0.4, 0.5) is 0 Å². The summed E-state index contributed by atoms with van der Waals surface area (Å²) in [5.41, 5.74) is -0.786. The van der Waals surface area contributed by atoms with E-state index in [9.17, 15) is 9.59 Å². The van der Waals surface area contributed by atoms with Crippen molar-refractivity contribution in [1.29, 1.82) is 0 Å². The summed E-state index contributed by atoms with van der Waals surface area (Å²) >= 11 is 0. The van der Waals surface area contributed by atoms with Crippen LogP contribution in [-0.2, 0) is 23.8 Å². The maximum absolute atomic E-state index is 13.2. The van der Waals surface area contributed by atoms with Crippen LogP contribution in [0.15, 0.2) is 23.3 Å². The molecule has 7 rings (SSSR count). The Morgan fingerprint density at radius 2 is 1.90 bits per heavy atom. The van der Waals surface area contributed by atoms with E-state index < -0.39 is 22.4 Å². The van der Waals surface area contributed by atoms with Crippen molar-refractivity contribution in [1.82, 2.24) is 0 Å². The van der Waals surface area contributed by atoms with Crippen molar-refractivity contribution < 1.29 is 23.8 Å². The molecule has 0 aromatic rings. The Bertz CT molecular complexity index is 872. The van der Waals surface area contributed by atoms with E-state index in [1.54, 1.807) is 0 Å². The molecule has 2 unspecified atom stereocenters. The molecule has 4 fully saturated rings. The standard InChI is InChI=1S/C24H30O5/c1-3-5-12-23-21-13-10-15(14-18(21)20(26)27-23)16(8-4-2)24(21)22(29-23)11-7-6-9-17(22)19(25)28-24/h9,14-16H,3-8,10-13H2,1-2H3/t15-,16?,21+,22-,23+,24?/m1/s1. The topological polar surface area (TPSA) is 61.8 Å². The van der Waals surface area contributed by atoms with Crippen LogP contribution < -0.4 is 0 Å². The Morgan fingerprint density at radius 1 is 1.07 bits per heavy atom. The molecule has 0 N–H and O–H groups in total. The van der Waals surface area contributed by atoms with Crippen LogP contribution in [0, 0.1) is 17.3 Å². The van der Waals surface area contributed by atoms with Crippen molar-refractivity contribution in [2.45, 2.75) is 95.0 Å². The van der Waals surface area contributed by atoms with Gasteiger partial charge in [-0.1, -0.05) is 38.8 Å². The van der Waals surface area contributed by atoms with Gasteiger partial charge in [-0.3, -0.25) is 0 Å². The summed E-state index contributed by atoms with van der Waals surface area (Å²) in [6.07, 6.45) is 13.2. The Hall–Kier alpha value is -1.62. The molecule has 1 saturated carbocycles. The zero-order valence-corrected chi connectivity index (χ0v) is 17.4. The van der Waals surface area contributed by atoms with Gasteiger partial charge in [0.25, 0.3) is 0 Å². The van der Waals surface area contributed by atoms with E-state index >= 15 is 0 Å². The number of hydrogen-bond donors (Lipinski definition) is 0. The normalized spacial score (nSPS) is 48.5. The van der Waals surface area contributed by atoms with Gasteiger partial charge in [-0.15, -0.1) is 0 Å². The SMILES string of the molecule is CCCC[C@@]12OC(=O)C3=C[C@H]4CC[C@]31C1(OC(=O)C3=CCCC[C@@]31O2)C4CCC. The van der Waals surface area contributed by atoms with E-state index in [1.807, 2.05) is 6.08 Å². The van der Waals surface area contributed by atoms with Gasteiger partial charge in [0.15, 0.2) is 5.60 Å². The van der Waals surface area contributed by atoms with E-state index in [0.717, 1.165) is 63.4 Å². The molecule has 3 aliphatic heterocycles. The molecule has 2 bridgehead atoms. The Morgan fingerprint density at radius 3 is 2.69 bits per heavy atom. The molecule has 0 radical (unpaired) electrons. The molecule has 7 aliphatic rings. The van der Waals surface area contributed by atoms with E-state index in [-0.39, 0.29) is 23.8 Å².